The average molecular weight is 694 g/mol. The van der Waals surface area contributed by atoms with Crippen LogP contribution >= 0.6 is 0 Å². The van der Waals surface area contributed by atoms with Crippen LogP contribution in [-0.2, 0) is 5.41 Å². The first-order valence-corrected chi connectivity index (χ1v) is 20.6. The van der Waals surface area contributed by atoms with Gasteiger partial charge in [-0.3, -0.25) is 0 Å². The Labute approximate surface area is 313 Å². The molecule has 0 N–H and O–H groups in total. The molecule has 10 rings (SSSR count). The van der Waals surface area contributed by atoms with Crippen LogP contribution in [0.3, 0.4) is 0 Å². The molecule has 1 heterocycles. The molecule has 2 heteroatoms. The maximum atomic E-state index is 2.53. The minimum absolute atomic E-state index is 0.104. The van der Waals surface area contributed by atoms with E-state index in [2.05, 4.69) is 219 Å². The van der Waals surface area contributed by atoms with Gasteiger partial charge in [0.05, 0.1) is 0 Å². The summed E-state index contributed by atoms with van der Waals surface area (Å²) in [7, 11) is -2.67. The Morgan fingerprint density at radius 1 is 0.358 bits per heavy atom. The molecule has 0 unspecified atom stereocenters. The highest BCUT2D eigenvalue weighted by atomic mass is 28.3. The van der Waals surface area contributed by atoms with E-state index in [4.69, 9.17) is 0 Å². The third-order valence-corrected chi connectivity index (χ3v) is 16.6. The van der Waals surface area contributed by atoms with Crippen LogP contribution in [0.1, 0.15) is 25.0 Å². The molecule has 1 nitrogen and oxygen atoms in total. The first-order chi connectivity index (χ1) is 26.0. The Bertz CT molecular complexity index is 2590. The van der Waals surface area contributed by atoms with Crippen molar-refractivity contribution in [1.29, 1.82) is 0 Å². The van der Waals surface area contributed by atoms with Crippen molar-refractivity contribution >= 4 is 45.9 Å². The van der Waals surface area contributed by atoms with Gasteiger partial charge in [-0.15, -0.1) is 0 Å². The molecule has 0 amide bonds. The zero-order valence-corrected chi connectivity index (χ0v) is 31.0. The van der Waals surface area contributed by atoms with Gasteiger partial charge in [0.1, 0.15) is 0 Å². The third kappa shape index (κ3) is 4.76. The number of anilines is 3. The highest BCUT2D eigenvalue weighted by Gasteiger charge is 2.48. The monoisotopic (exact) mass is 693 g/mol. The Balaban J connectivity index is 1.21. The molecule has 0 spiro atoms. The SMILES string of the molecule is CC1(C)c2ccccc2-c2ccc(N(c3ccc(-c4ccccc4)cc3)c3ccc4c(c3)[Si](c3ccccc3)(c3ccccc3)c3ccccc3-4)cc21. The lowest BCUT2D eigenvalue weighted by atomic mass is 9.82. The predicted molar refractivity (Wildman–Crippen MR) is 227 cm³/mol. The molecule has 0 aromatic heterocycles. The summed E-state index contributed by atoms with van der Waals surface area (Å²) in [5.74, 6) is 0. The highest BCUT2D eigenvalue weighted by molar-refractivity contribution is 7.22. The smallest absolute Gasteiger partial charge is 0.180 e. The average Bonchev–Trinajstić information content (AvgIpc) is 3.65. The first kappa shape index (κ1) is 31.5. The van der Waals surface area contributed by atoms with Gasteiger partial charge >= 0.3 is 0 Å². The van der Waals surface area contributed by atoms with Crippen molar-refractivity contribution in [3.63, 3.8) is 0 Å². The maximum absolute atomic E-state index is 2.67. The van der Waals surface area contributed by atoms with Gasteiger partial charge in [-0.2, -0.15) is 0 Å². The Morgan fingerprint density at radius 3 is 1.51 bits per heavy atom. The number of hydrogen-bond donors (Lipinski definition) is 0. The highest BCUT2D eigenvalue weighted by Crippen LogP contribution is 2.50. The number of benzene rings is 8. The molecule has 53 heavy (non-hydrogen) atoms. The van der Waals surface area contributed by atoms with E-state index in [0.717, 1.165) is 5.69 Å². The van der Waals surface area contributed by atoms with E-state index in [1.165, 1.54) is 76.6 Å². The zero-order valence-electron chi connectivity index (χ0n) is 30.0. The van der Waals surface area contributed by atoms with Gasteiger partial charge in [0.15, 0.2) is 8.07 Å². The van der Waals surface area contributed by atoms with Crippen LogP contribution in [0.5, 0.6) is 0 Å². The Morgan fingerprint density at radius 2 is 0.830 bits per heavy atom. The lowest BCUT2D eigenvalue weighted by Gasteiger charge is -2.33. The second kappa shape index (κ2) is 12.2. The Kier molecular flexibility index (Phi) is 7.25. The Hall–Kier alpha value is -6.22. The number of rotatable bonds is 6. The van der Waals surface area contributed by atoms with Crippen LogP contribution in [0.15, 0.2) is 200 Å². The minimum atomic E-state index is -2.67. The van der Waals surface area contributed by atoms with Gasteiger partial charge in [-0.25, -0.2) is 0 Å². The summed E-state index contributed by atoms with van der Waals surface area (Å²) < 4.78 is 0. The molecule has 0 radical (unpaired) electrons. The fraction of sp³-hybridized carbons (Fsp3) is 0.0588. The topological polar surface area (TPSA) is 3.24 Å². The number of hydrogen-bond acceptors (Lipinski definition) is 1. The predicted octanol–water partition coefficient (Wildman–Crippen LogP) is 10.5. The lowest BCUT2D eigenvalue weighted by Crippen LogP contribution is -2.72. The van der Waals surface area contributed by atoms with Crippen molar-refractivity contribution in [2.45, 2.75) is 19.3 Å². The van der Waals surface area contributed by atoms with Gasteiger partial charge in [-0.1, -0.05) is 178 Å². The summed E-state index contributed by atoms with van der Waals surface area (Å²) in [6.45, 7) is 4.74. The number of nitrogens with zero attached hydrogens (tertiary/aromatic N) is 1. The quantitative estimate of drug-likeness (QED) is 0.157. The summed E-state index contributed by atoms with van der Waals surface area (Å²) in [5.41, 5.74) is 13.9. The van der Waals surface area contributed by atoms with Crippen molar-refractivity contribution in [2.24, 2.45) is 0 Å². The van der Waals surface area contributed by atoms with E-state index in [9.17, 15) is 0 Å². The van der Waals surface area contributed by atoms with Crippen molar-refractivity contribution in [1.82, 2.24) is 0 Å². The van der Waals surface area contributed by atoms with Gasteiger partial charge < -0.3 is 4.90 Å². The molecule has 8 aromatic carbocycles. The van der Waals surface area contributed by atoms with E-state index in [1.807, 2.05) is 0 Å². The van der Waals surface area contributed by atoms with Crippen LogP contribution in [0, 0.1) is 0 Å². The van der Waals surface area contributed by atoms with Gasteiger partial charge in [0.25, 0.3) is 0 Å². The summed E-state index contributed by atoms with van der Waals surface area (Å²) >= 11 is 0. The summed E-state index contributed by atoms with van der Waals surface area (Å²) in [4.78, 5) is 2.48. The molecule has 2 aliphatic rings. The van der Waals surface area contributed by atoms with E-state index in [-0.39, 0.29) is 5.41 Å². The minimum Gasteiger partial charge on any atom is -0.310 e. The molecule has 1 aliphatic carbocycles. The molecule has 8 aromatic rings. The molecular formula is C51H39NSi. The molecule has 0 fully saturated rings. The van der Waals surface area contributed by atoms with Crippen LogP contribution in [-0.4, -0.2) is 8.07 Å². The molecule has 252 valence electrons. The largest absolute Gasteiger partial charge is 0.310 e. The second-order valence-electron chi connectivity index (χ2n) is 14.9. The van der Waals surface area contributed by atoms with E-state index in [0.29, 0.717) is 0 Å². The fourth-order valence-electron chi connectivity index (χ4n) is 9.28. The van der Waals surface area contributed by atoms with Gasteiger partial charge in [-0.05, 0) is 102 Å². The van der Waals surface area contributed by atoms with Crippen molar-refractivity contribution in [3.8, 4) is 33.4 Å². The van der Waals surface area contributed by atoms with E-state index >= 15 is 0 Å². The normalized spacial score (nSPS) is 14.2. The summed E-state index contributed by atoms with van der Waals surface area (Å²) in [5, 5.41) is 5.71. The molecule has 0 saturated carbocycles. The van der Waals surface area contributed by atoms with Crippen LogP contribution in [0.2, 0.25) is 0 Å². The molecule has 0 atom stereocenters. The van der Waals surface area contributed by atoms with E-state index in [1.54, 1.807) is 0 Å². The zero-order chi connectivity index (χ0) is 35.6. The fourth-order valence-corrected chi connectivity index (χ4v) is 14.5. The summed E-state index contributed by atoms with van der Waals surface area (Å²) in [6, 6.07) is 74.8. The molecular weight excluding hydrogens is 655 g/mol. The maximum Gasteiger partial charge on any atom is 0.180 e. The lowest BCUT2D eigenvalue weighted by molar-refractivity contribution is 0.660. The van der Waals surface area contributed by atoms with Crippen molar-refractivity contribution in [3.05, 3.63) is 211 Å². The van der Waals surface area contributed by atoms with Gasteiger partial charge in [0, 0.05) is 22.5 Å². The van der Waals surface area contributed by atoms with Crippen LogP contribution in [0.25, 0.3) is 33.4 Å². The third-order valence-electron chi connectivity index (χ3n) is 11.8. The first-order valence-electron chi connectivity index (χ1n) is 18.6. The summed E-state index contributed by atoms with van der Waals surface area (Å²) in [6.07, 6.45) is 0. The van der Waals surface area contributed by atoms with Crippen molar-refractivity contribution in [2.75, 3.05) is 4.90 Å². The van der Waals surface area contributed by atoms with Crippen molar-refractivity contribution < 1.29 is 0 Å². The molecule has 1 aliphatic heterocycles. The van der Waals surface area contributed by atoms with Gasteiger partial charge in [0.2, 0.25) is 0 Å². The van der Waals surface area contributed by atoms with Crippen LogP contribution in [0.4, 0.5) is 17.1 Å². The molecule has 0 saturated heterocycles. The standard InChI is InChI=1S/C51H39NSi/c1-51(2)47-24-14-12-22-43(47)44-32-30-39(34-48(44)51)52(38-28-26-37(27-29-38)36-16-6-3-7-17-36)40-31-33-46-45-23-13-15-25-49(45)53(50(46)35-40,41-18-8-4-9-19-41)42-20-10-5-11-21-42/h3-35H,1-2H3. The molecule has 0 bridgehead atoms. The number of fused-ring (bicyclic) bond motifs is 6. The van der Waals surface area contributed by atoms with E-state index < -0.39 is 8.07 Å². The second-order valence-corrected chi connectivity index (χ2v) is 18.6. The van der Waals surface area contributed by atoms with Crippen LogP contribution < -0.4 is 25.6 Å².